The van der Waals surface area contributed by atoms with Crippen LogP contribution in [0, 0.1) is 11.3 Å². The van der Waals surface area contributed by atoms with Gasteiger partial charge in [0.1, 0.15) is 0 Å². The Morgan fingerprint density at radius 2 is 1.71 bits per heavy atom. The first-order chi connectivity index (χ1) is 7.95. The van der Waals surface area contributed by atoms with Gasteiger partial charge in [0.05, 0.1) is 13.0 Å². The Morgan fingerprint density at radius 1 is 1.18 bits per heavy atom. The van der Waals surface area contributed by atoms with Crippen LogP contribution in [-0.2, 0) is 9.53 Å². The van der Waals surface area contributed by atoms with Crippen molar-refractivity contribution in [3.8, 4) is 0 Å². The third-order valence-corrected chi connectivity index (χ3v) is 3.67. The van der Waals surface area contributed by atoms with E-state index in [9.17, 15) is 4.79 Å². The molecule has 0 spiro atoms. The number of hydrogen-bond donors (Lipinski definition) is 0. The summed E-state index contributed by atoms with van der Waals surface area (Å²) in [4.78, 5) is 14.3. The van der Waals surface area contributed by atoms with E-state index in [1.54, 1.807) is 0 Å². The fraction of sp³-hybridized carbons (Fsp3) is 0.929. The van der Waals surface area contributed by atoms with Crippen LogP contribution >= 0.6 is 0 Å². The quantitative estimate of drug-likeness (QED) is 0.712. The third-order valence-electron chi connectivity index (χ3n) is 3.67. The molecule has 3 nitrogen and oxygen atoms in total. The van der Waals surface area contributed by atoms with E-state index in [-0.39, 0.29) is 17.3 Å². The highest BCUT2D eigenvalue weighted by molar-refractivity contribution is 5.73. The molecule has 0 aromatic rings. The second kappa shape index (κ2) is 6.39. The van der Waals surface area contributed by atoms with E-state index in [1.807, 2.05) is 0 Å². The minimum absolute atomic E-state index is 0.0226. The normalized spacial score (nSPS) is 20.7. The summed E-state index contributed by atoms with van der Waals surface area (Å²) in [6, 6.07) is 0. The van der Waals surface area contributed by atoms with Gasteiger partial charge in [-0.25, -0.2) is 0 Å². The lowest BCUT2D eigenvalue weighted by molar-refractivity contribution is -0.150. The Morgan fingerprint density at radius 3 is 2.12 bits per heavy atom. The molecule has 1 unspecified atom stereocenters. The number of carbonyl (C=O) groups excluding carboxylic acids is 1. The van der Waals surface area contributed by atoms with E-state index in [0.29, 0.717) is 0 Å². The fourth-order valence-corrected chi connectivity index (χ4v) is 2.42. The number of esters is 1. The third kappa shape index (κ3) is 4.66. The zero-order chi connectivity index (χ0) is 12.9. The number of ether oxygens (including phenoxy) is 1. The van der Waals surface area contributed by atoms with Gasteiger partial charge in [-0.05, 0) is 31.3 Å². The maximum Gasteiger partial charge on any atom is 0.310 e. The Balaban J connectivity index is 2.61. The average molecular weight is 241 g/mol. The lowest BCUT2D eigenvalue weighted by atomic mass is 9.80. The highest BCUT2D eigenvalue weighted by Gasteiger charge is 2.33. The molecule has 1 aliphatic rings. The number of hydrogen-bond acceptors (Lipinski definition) is 3. The predicted molar refractivity (Wildman–Crippen MR) is 69.9 cm³/mol. The molecule has 3 heteroatoms. The summed E-state index contributed by atoms with van der Waals surface area (Å²) in [5.41, 5.74) is -0.0284. The van der Waals surface area contributed by atoms with Gasteiger partial charge in [-0.3, -0.25) is 4.79 Å². The molecule has 0 amide bonds. The summed E-state index contributed by atoms with van der Waals surface area (Å²) < 4.78 is 4.95. The number of methoxy groups -OCH3 is 1. The van der Waals surface area contributed by atoms with Gasteiger partial charge < -0.3 is 9.64 Å². The van der Waals surface area contributed by atoms with Gasteiger partial charge in [0.15, 0.2) is 0 Å². The highest BCUT2D eigenvalue weighted by atomic mass is 16.5. The lowest BCUT2D eigenvalue weighted by Crippen LogP contribution is -2.41. The molecule has 1 saturated heterocycles. The minimum Gasteiger partial charge on any atom is -0.469 e. The molecule has 1 fully saturated rings. The smallest absolute Gasteiger partial charge is 0.310 e. The maximum atomic E-state index is 11.9. The Kier molecular flexibility index (Phi) is 5.44. The maximum absolute atomic E-state index is 11.9. The van der Waals surface area contributed by atoms with Gasteiger partial charge in [-0.2, -0.15) is 0 Å². The van der Waals surface area contributed by atoms with Crippen LogP contribution in [0.3, 0.4) is 0 Å². The molecule has 0 aromatic heterocycles. The minimum atomic E-state index is -0.0678. The van der Waals surface area contributed by atoms with Gasteiger partial charge in [0, 0.05) is 6.54 Å². The van der Waals surface area contributed by atoms with Crippen LogP contribution in [-0.4, -0.2) is 37.6 Å². The molecule has 1 heterocycles. The van der Waals surface area contributed by atoms with E-state index < -0.39 is 0 Å². The van der Waals surface area contributed by atoms with Crippen molar-refractivity contribution in [3.63, 3.8) is 0 Å². The molecule has 0 bridgehead atoms. The topological polar surface area (TPSA) is 29.5 Å². The van der Waals surface area contributed by atoms with Gasteiger partial charge in [-0.1, -0.05) is 33.6 Å². The van der Waals surface area contributed by atoms with Crippen molar-refractivity contribution in [1.29, 1.82) is 0 Å². The zero-order valence-electron chi connectivity index (χ0n) is 11.8. The Bertz CT molecular complexity index is 237. The number of carbonyl (C=O) groups is 1. The molecule has 1 aliphatic heterocycles. The van der Waals surface area contributed by atoms with Crippen molar-refractivity contribution in [2.75, 3.05) is 26.7 Å². The summed E-state index contributed by atoms with van der Waals surface area (Å²) in [6.07, 6.45) is 5.18. The molecule has 1 atom stereocenters. The van der Waals surface area contributed by atoms with Crippen LogP contribution in [0.2, 0.25) is 0 Å². The van der Waals surface area contributed by atoms with Crippen molar-refractivity contribution in [2.45, 2.75) is 46.5 Å². The zero-order valence-corrected chi connectivity index (χ0v) is 11.8. The van der Waals surface area contributed by atoms with Crippen molar-refractivity contribution >= 4 is 5.97 Å². The molecule has 0 N–H and O–H groups in total. The molecule has 0 saturated carbocycles. The van der Waals surface area contributed by atoms with E-state index in [2.05, 4.69) is 25.7 Å². The second-order valence-corrected chi connectivity index (χ2v) is 6.16. The summed E-state index contributed by atoms with van der Waals surface area (Å²) in [6.45, 7) is 9.45. The molecular formula is C14H27NO2. The van der Waals surface area contributed by atoms with Crippen LogP contribution in [0.15, 0.2) is 0 Å². The van der Waals surface area contributed by atoms with Crippen molar-refractivity contribution in [2.24, 2.45) is 11.3 Å². The first-order valence-electron chi connectivity index (χ1n) is 6.75. The monoisotopic (exact) mass is 241 g/mol. The largest absolute Gasteiger partial charge is 0.469 e. The van der Waals surface area contributed by atoms with Gasteiger partial charge in [-0.15, -0.1) is 0 Å². The van der Waals surface area contributed by atoms with Crippen LogP contribution in [0.25, 0.3) is 0 Å². The highest BCUT2D eigenvalue weighted by Crippen LogP contribution is 2.28. The lowest BCUT2D eigenvalue weighted by Gasteiger charge is -2.33. The first-order valence-corrected chi connectivity index (χ1v) is 6.75. The van der Waals surface area contributed by atoms with Crippen molar-refractivity contribution in [3.05, 3.63) is 0 Å². The molecule has 17 heavy (non-hydrogen) atoms. The van der Waals surface area contributed by atoms with Gasteiger partial charge in [0.2, 0.25) is 0 Å². The van der Waals surface area contributed by atoms with E-state index >= 15 is 0 Å². The van der Waals surface area contributed by atoms with E-state index in [1.165, 1.54) is 32.8 Å². The van der Waals surface area contributed by atoms with Crippen LogP contribution in [0.5, 0.6) is 0 Å². The molecular weight excluding hydrogens is 214 g/mol. The summed E-state index contributed by atoms with van der Waals surface area (Å²) >= 11 is 0. The SMILES string of the molecule is COC(=O)C(CN1CCCCCC1)C(C)(C)C. The Labute approximate surface area is 106 Å². The van der Waals surface area contributed by atoms with Crippen molar-refractivity contribution in [1.82, 2.24) is 4.90 Å². The number of rotatable bonds is 3. The number of likely N-dealkylation sites (tertiary alicyclic amines) is 1. The van der Waals surface area contributed by atoms with Crippen LogP contribution in [0.4, 0.5) is 0 Å². The first kappa shape index (κ1) is 14.5. The molecule has 1 rings (SSSR count). The van der Waals surface area contributed by atoms with Crippen molar-refractivity contribution < 1.29 is 9.53 Å². The molecule has 0 radical (unpaired) electrons. The summed E-state index contributed by atoms with van der Waals surface area (Å²) in [5, 5.41) is 0. The molecule has 0 aliphatic carbocycles. The summed E-state index contributed by atoms with van der Waals surface area (Å²) in [7, 11) is 1.49. The fourth-order valence-electron chi connectivity index (χ4n) is 2.42. The predicted octanol–water partition coefficient (Wildman–Crippen LogP) is 2.70. The Hall–Kier alpha value is -0.570. The van der Waals surface area contributed by atoms with Gasteiger partial charge >= 0.3 is 5.97 Å². The van der Waals surface area contributed by atoms with Crippen LogP contribution < -0.4 is 0 Å². The molecule has 0 aromatic carbocycles. The van der Waals surface area contributed by atoms with Gasteiger partial charge in [0.25, 0.3) is 0 Å². The standard InChI is InChI=1S/C14H27NO2/c1-14(2,3)12(13(16)17-4)11-15-9-7-5-6-8-10-15/h12H,5-11H2,1-4H3. The van der Waals surface area contributed by atoms with E-state index in [0.717, 1.165) is 19.6 Å². The average Bonchev–Trinajstić information content (AvgIpc) is 2.51. The second-order valence-electron chi connectivity index (χ2n) is 6.16. The number of nitrogens with zero attached hydrogens (tertiary/aromatic N) is 1. The summed E-state index contributed by atoms with van der Waals surface area (Å²) in [5.74, 6) is -0.0904. The van der Waals surface area contributed by atoms with E-state index in [4.69, 9.17) is 4.74 Å². The molecule has 100 valence electrons. The van der Waals surface area contributed by atoms with Crippen LogP contribution in [0.1, 0.15) is 46.5 Å².